The maximum absolute atomic E-state index is 3.67. The summed E-state index contributed by atoms with van der Waals surface area (Å²) in [5.74, 6) is 0. The molecule has 0 saturated heterocycles. The highest BCUT2D eigenvalue weighted by molar-refractivity contribution is 6.25. The van der Waals surface area contributed by atoms with Crippen molar-refractivity contribution >= 4 is 65.5 Å². The number of benzene rings is 8. The summed E-state index contributed by atoms with van der Waals surface area (Å²) >= 11 is 0. The average Bonchev–Trinajstić information content (AvgIpc) is 3.42. The lowest BCUT2D eigenvalue weighted by Crippen LogP contribution is -1.96. The maximum Gasteiger partial charge on any atom is 0.0553 e. The Bertz CT molecular complexity index is 2520. The van der Waals surface area contributed by atoms with Crippen molar-refractivity contribution in [2.75, 3.05) is 5.32 Å². The number of rotatable bonds is 4. The highest BCUT2D eigenvalue weighted by Gasteiger charge is 2.20. The third-order valence-electron chi connectivity index (χ3n) is 8.90. The molecule has 44 heavy (non-hydrogen) atoms. The fourth-order valence-electron chi connectivity index (χ4n) is 7.01. The first-order chi connectivity index (χ1) is 21.8. The van der Waals surface area contributed by atoms with E-state index >= 15 is 0 Å². The van der Waals surface area contributed by atoms with Gasteiger partial charge in [0.15, 0.2) is 0 Å². The van der Waals surface area contributed by atoms with Crippen molar-refractivity contribution in [1.82, 2.24) is 4.57 Å². The predicted octanol–water partition coefficient (Wildman–Crippen LogP) is 11.7. The summed E-state index contributed by atoms with van der Waals surface area (Å²) in [4.78, 5) is 0. The van der Waals surface area contributed by atoms with Crippen LogP contribution in [0.15, 0.2) is 164 Å². The summed E-state index contributed by atoms with van der Waals surface area (Å²) < 4.78 is 2.47. The Kier molecular flexibility index (Phi) is 5.54. The van der Waals surface area contributed by atoms with Crippen LogP contribution in [0.25, 0.3) is 70.9 Å². The Labute approximate surface area is 255 Å². The average molecular weight is 561 g/mol. The first-order valence-corrected chi connectivity index (χ1v) is 15.1. The van der Waals surface area contributed by atoms with Gasteiger partial charge in [0.05, 0.1) is 16.7 Å². The van der Waals surface area contributed by atoms with Crippen LogP contribution >= 0.6 is 0 Å². The second-order valence-electron chi connectivity index (χ2n) is 11.5. The van der Waals surface area contributed by atoms with Gasteiger partial charge in [0, 0.05) is 27.5 Å². The molecule has 1 aromatic heterocycles. The molecule has 2 nitrogen and oxygen atoms in total. The minimum Gasteiger partial charge on any atom is -0.355 e. The van der Waals surface area contributed by atoms with Crippen molar-refractivity contribution in [3.05, 3.63) is 164 Å². The molecule has 206 valence electrons. The molecule has 0 unspecified atom stereocenters. The van der Waals surface area contributed by atoms with Gasteiger partial charge < -0.3 is 9.88 Å². The summed E-state index contributed by atoms with van der Waals surface area (Å²) in [6.07, 6.45) is 0. The number of hydrogen-bond acceptors (Lipinski definition) is 1. The predicted molar refractivity (Wildman–Crippen MR) is 188 cm³/mol. The van der Waals surface area contributed by atoms with Gasteiger partial charge >= 0.3 is 0 Å². The number of para-hydroxylation sites is 2. The van der Waals surface area contributed by atoms with E-state index in [9.17, 15) is 0 Å². The molecule has 1 heterocycles. The first kappa shape index (κ1) is 24.7. The largest absolute Gasteiger partial charge is 0.355 e. The fourth-order valence-corrected chi connectivity index (χ4v) is 7.01. The normalized spacial score (nSPS) is 11.6. The number of nitrogens with zero attached hydrogens (tertiary/aromatic N) is 1. The Balaban J connectivity index is 1.42. The van der Waals surface area contributed by atoms with Gasteiger partial charge in [-0.25, -0.2) is 0 Å². The quantitative estimate of drug-likeness (QED) is 0.226. The van der Waals surface area contributed by atoms with Crippen molar-refractivity contribution in [3.8, 4) is 16.8 Å². The van der Waals surface area contributed by atoms with E-state index in [1.807, 2.05) is 6.07 Å². The molecule has 0 aliphatic carbocycles. The Morgan fingerprint density at radius 2 is 0.977 bits per heavy atom. The van der Waals surface area contributed by atoms with Gasteiger partial charge in [-0.05, 0) is 80.5 Å². The minimum absolute atomic E-state index is 1.07. The molecule has 0 saturated carbocycles. The Morgan fingerprint density at radius 1 is 0.364 bits per heavy atom. The zero-order chi connectivity index (χ0) is 29.0. The van der Waals surface area contributed by atoms with E-state index in [1.165, 1.54) is 70.9 Å². The molecule has 0 radical (unpaired) electrons. The lowest BCUT2D eigenvalue weighted by molar-refractivity contribution is 1.20. The van der Waals surface area contributed by atoms with Crippen LogP contribution in [0.4, 0.5) is 11.4 Å². The van der Waals surface area contributed by atoms with Gasteiger partial charge in [0.25, 0.3) is 0 Å². The van der Waals surface area contributed by atoms with E-state index < -0.39 is 0 Å². The molecule has 0 bridgehead atoms. The van der Waals surface area contributed by atoms with E-state index in [0.29, 0.717) is 0 Å². The van der Waals surface area contributed by atoms with E-state index in [-0.39, 0.29) is 0 Å². The van der Waals surface area contributed by atoms with Crippen LogP contribution in [0.3, 0.4) is 0 Å². The summed E-state index contributed by atoms with van der Waals surface area (Å²) in [6.45, 7) is 0. The lowest BCUT2D eigenvalue weighted by Gasteiger charge is -2.16. The second kappa shape index (κ2) is 9.86. The van der Waals surface area contributed by atoms with Gasteiger partial charge in [0.2, 0.25) is 0 Å². The molecule has 0 amide bonds. The molecular weight excluding hydrogens is 532 g/mol. The van der Waals surface area contributed by atoms with Gasteiger partial charge in [-0.1, -0.05) is 121 Å². The van der Waals surface area contributed by atoms with Crippen LogP contribution in [0.2, 0.25) is 0 Å². The summed E-state index contributed by atoms with van der Waals surface area (Å²) in [5, 5.41) is 13.7. The molecular formula is C42H28N2. The molecule has 0 spiro atoms. The van der Waals surface area contributed by atoms with Crippen LogP contribution < -0.4 is 5.32 Å². The number of hydrogen-bond donors (Lipinski definition) is 1. The zero-order valence-electron chi connectivity index (χ0n) is 24.0. The van der Waals surface area contributed by atoms with Crippen molar-refractivity contribution in [1.29, 1.82) is 0 Å². The van der Waals surface area contributed by atoms with E-state index in [2.05, 4.69) is 168 Å². The number of anilines is 2. The molecule has 1 N–H and O–H groups in total. The van der Waals surface area contributed by atoms with E-state index in [0.717, 1.165) is 11.4 Å². The molecule has 8 aromatic carbocycles. The molecule has 0 fully saturated rings. The van der Waals surface area contributed by atoms with Gasteiger partial charge in [-0.2, -0.15) is 0 Å². The maximum atomic E-state index is 3.67. The smallest absolute Gasteiger partial charge is 0.0553 e. The van der Waals surface area contributed by atoms with Crippen LogP contribution in [0, 0.1) is 0 Å². The highest BCUT2D eigenvalue weighted by Crippen LogP contribution is 2.44. The molecule has 0 aliphatic heterocycles. The summed E-state index contributed by atoms with van der Waals surface area (Å²) in [5.41, 5.74) is 8.21. The van der Waals surface area contributed by atoms with Crippen molar-refractivity contribution in [2.45, 2.75) is 0 Å². The Hall–Kier alpha value is -5.86. The van der Waals surface area contributed by atoms with Crippen LogP contribution in [0.5, 0.6) is 0 Å². The topological polar surface area (TPSA) is 17.0 Å². The van der Waals surface area contributed by atoms with Crippen LogP contribution in [0.1, 0.15) is 0 Å². The third-order valence-corrected chi connectivity index (χ3v) is 8.90. The molecule has 9 aromatic rings. The van der Waals surface area contributed by atoms with Crippen LogP contribution in [-0.4, -0.2) is 4.57 Å². The van der Waals surface area contributed by atoms with Gasteiger partial charge in [-0.3, -0.25) is 0 Å². The van der Waals surface area contributed by atoms with E-state index in [1.54, 1.807) is 0 Å². The SMILES string of the molecule is c1ccc(Nc2cc(-c3cc4c(c5ccccc35)c3ccccc3n4-c3cccc4ccccc34)c3ccccc3c2)cc1. The highest BCUT2D eigenvalue weighted by atomic mass is 15.0. The standard InChI is InChI=1S/C42H28N2/c1-2-16-30(17-3-1)43-31-25-29-14-5-6-18-32(29)37(26-31)38-27-41-42(35-21-9-8-20-34(35)38)36-22-10-11-23-40(36)44(41)39-24-12-15-28-13-4-7-19-33(28)39/h1-27,43H. The monoisotopic (exact) mass is 560 g/mol. The second-order valence-corrected chi connectivity index (χ2v) is 11.5. The molecule has 9 rings (SSSR count). The molecule has 2 heteroatoms. The lowest BCUT2D eigenvalue weighted by atomic mass is 9.91. The van der Waals surface area contributed by atoms with E-state index in [4.69, 9.17) is 0 Å². The van der Waals surface area contributed by atoms with Gasteiger partial charge in [-0.15, -0.1) is 0 Å². The Morgan fingerprint density at radius 3 is 1.82 bits per heavy atom. The summed E-state index contributed by atoms with van der Waals surface area (Å²) in [6, 6.07) is 59.2. The first-order valence-electron chi connectivity index (χ1n) is 15.1. The molecule has 0 atom stereocenters. The summed E-state index contributed by atoms with van der Waals surface area (Å²) in [7, 11) is 0. The zero-order valence-corrected chi connectivity index (χ0v) is 24.0. The van der Waals surface area contributed by atoms with Gasteiger partial charge in [0.1, 0.15) is 0 Å². The van der Waals surface area contributed by atoms with Crippen molar-refractivity contribution in [2.24, 2.45) is 0 Å². The third kappa shape index (κ3) is 3.82. The van der Waals surface area contributed by atoms with Crippen molar-refractivity contribution < 1.29 is 0 Å². The minimum atomic E-state index is 1.07. The number of aromatic nitrogens is 1. The molecule has 0 aliphatic rings. The number of fused-ring (bicyclic) bond motifs is 7. The van der Waals surface area contributed by atoms with Crippen molar-refractivity contribution in [3.63, 3.8) is 0 Å². The fraction of sp³-hybridized carbons (Fsp3) is 0. The number of nitrogens with one attached hydrogen (secondary N) is 1. The van der Waals surface area contributed by atoms with Crippen LogP contribution in [-0.2, 0) is 0 Å².